The van der Waals surface area contributed by atoms with Crippen molar-refractivity contribution in [3.63, 3.8) is 0 Å². The maximum absolute atomic E-state index is 5.25. The maximum atomic E-state index is 5.25. The van der Waals surface area contributed by atoms with Crippen LogP contribution in [0.3, 0.4) is 0 Å². The molecule has 0 radical (unpaired) electrons. The highest BCUT2D eigenvalue weighted by molar-refractivity contribution is 5.50. The second-order valence-electron chi connectivity index (χ2n) is 4.79. The summed E-state index contributed by atoms with van der Waals surface area (Å²) >= 11 is 0. The van der Waals surface area contributed by atoms with Crippen LogP contribution in [0, 0.1) is 0 Å². The van der Waals surface area contributed by atoms with Crippen LogP contribution in [0.4, 0.5) is 11.6 Å². The Bertz CT molecular complexity index is 371. The Labute approximate surface area is 122 Å². The summed E-state index contributed by atoms with van der Waals surface area (Å²) in [7, 11) is 3.63. The van der Waals surface area contributed by atoms with Gasteiger partial charge in [-0.15, -0.1) is 0 Å². The lowest BCUT2D eigenvalue weighted by Crippen LogP contribution is -2.38. The Balaban J connectivity index is 3.10. The van der Waals surface area contributed by atoms with Gasteiger partial charge >= 0.3 is 0 Å². The standard InChI is InChI=1S/C15H28N4O/c1-6-12(7-2)19(9-10-20-5)15-11-14(16-4)17-13(8-3)18-15/h11-12H,6-10H2,1-5H3,(H,16,17,18). The first-order valence-corrected chi connectivity index (χ1v) is 7.51. The lowest BCUT2D eigenvalue weighted by Gasteiger charge is -2.31. The molecule has 1 N–H and O–H groups in total. The van der Waals surface area contributed by atoms with Crippen LogP contribution in [-0.4, -0.2) is 43.3 Å². The molecule has 0 saturated heterocycles. The van der Waals surface area contributed by atoms with Gasteiger partial charge in [-0.3, -0.25) is 0 Å². The average Bonchev–Trinajstić information content (AvgIpc) is 2.50. The minimum Gasteiger partial charge on any atom is -0.383 e. The number of aromatic nitrogens is 2. The summed E-state index contributed by atoms with van der Waals surface area (Å²) in [5, 5.41) is 3.12. The van der Waals surface area contributed by atoms with E-state index in [-0.39, 0.29) is 0 Å². The van der Waals surface area contributed by atoms with Gasteiger partial charge in [-0.05, 0) is 12.8 Å². The van der Waals surface area contributed by atoms with E-state index in [1.165, 1.54) is 0 Å². The zero-order chi connectivity index (χ0) is 15.0. The summed E-state index contributed by atoms with van der Waals surface area (Å²) < 4.78 is 5.25. The molecule has 0 amide bonds. The van der Waals surface area contributed by atoms with Gasteiger partial charge in [0.25, 0.3) is 0 Å². The van der Waals surface area contributed by atoms with Gasteiger partial charge < -0.3 is 15.0 Å². The molecule has 114 valence electrons. The summed E-state index contributed by atoms with van der Waals surface area (Å²) in [5.41, 5.74) is 0. The molecule has 1 aromatic heterocycles. The molecule has 0 unspecified atom stereocenters. The van der Waals surface area contributed by atoms with Crippen LogP contribution in [0.1, 0.15) is 39.4 Å². The summed E-state index contributed by atoms with van der Waals surface area (Å²) in [6.07, 6.45) is 3.03. The maximum Gasteiger partial charge on any atom is 0.134 e. The Hall–Kier alpha value is -1.36. The number of rotatable bonds is 9. The molecule has 0 spiro atoms. The lowest BCUT2D eigenvalue weighted by atomic mass is 10.1. The zero-order valence-electron chi connectivity index (χ0n) is 13.4. The van der Waals surface area contributed by atoms with E-state index in [4.69, 9.17) is 4.74 Å². The fraction of sp³-hybridized carbons (Fsp3) is 0.733. The number of nitrogens with one attached hydrogen (secondary N) is 1. The van der Waals surface area contributed by atoms with E-state index in [1.807, 2.05) is 13.1 Å². The predicted molar refractivity (Wildman–Crippen MR) is 84.5 cm³/mol. The van der Waals surface area contributed by atoms with Gasteiger partial charge in [-0.2, -0.15) is 0 Å². The van der Waals surface area contributed by atoms with Crippen molar-refractivity contribution in [2.24, 2.45) is 0 Å². The predicted octanol–water partition coefficient (Wildman–Crippen LogP) is 2.72. The van der Waals surface area contributed by atoms with Crippen molar-refractivity contribution in [3.05, 3.63) is 11.9 Å². The first-order chi connectivity index (χ1) is 9.69. The molecule has 0 aliphatic carbocycles. The third-order valence-electron chi connectivity index (χ3n) is 3.55. The van der Waals surface area contributed by atoms with Crippen LogP contribution in [0.5, 0.6) is 0 Å². The summed E-state index contributed by atoms with van der Waals surface area (Å²) in [4.78, 5) is 11.5. The van der Waals surface area contributed by atoms with Crippen molar-refractivity contribution in [2.45, 2.75) is 46.1 Å². The van der Waals surface area contributed by atoms with E-state index in [2.05, 4.69) is 41.0 Å². The molecule has 0 aromatic carbocycles. The molecular weight excluding hydrogens is 252 g/mol. The highest BCUT2D eigenvalue weighted by Gasteiger charge is 2.18. The van der Waals surface area contributed by atoms with Crippen LogP contribution in [-0.2, 0) is 11.2 Å². The van der Waals surface area contributed by atoms with Gasteiger partial charge in [0.05, 0.1) is 6.61 Å². The number of nitrogens with zero attached hydrogens (tertiary/aromatic N) is 3. The van der Waals surface area contributed by atoms with E-state index in [9.17, 15) is 0 Å². The van der Waals surface area contributed by atoms with E-state index in [0.717, 1.165) is 43.3 Å². The number of hydrogen-bond acceptors (Lipinski definition) is 5. The van der Waals surface area contributed by atoms with Crippen molar-refractivity contribution in [2.75, 3.05) is 37.5 Å². The number of ether oxygens (including phenoxy) is 1. The zero-order valence-corrected chi connectivity index (χ0v) is 13.4. The van der Waals surface area contributed by atoms with E-state index in [0.29, 0.717) is 12.6 Å². The van der Waals surface area contributed by atoms with Crippen LogP contribution in [0.15, 0.2) is 6.07 Å². The van der Waals surface area contributed by atoms with E-state index in [1.54, 1.807) is 7.11 Å². The average molecular weight is 280 g/mol. The van der Waals surface area contributed by atoms with Crippen molar-refractivity contribution in [1.29, 1.82) is 0 Å². The molecule has 0 aliphatic heterocycles. The monoisotopic (exact) mass is 280 g/mol. The Morgan fingerprint density at radius 1 is 1.25 bits per heavy atom. The molecule has 1 aromatic rings. The van der Waals surface area contributed by atoms with Crippen molar-refractivity contribution < 1.29 is 4.74 Å². The van der Waals surface area contributed by atoms with Gasteiger partial charge in [0.1, 0.15) is 17.5 Å². The van der Waals surface area contributed by atoms with Crippen LogP contribution < -0.4 is 10.2 Å². The van der Waals surface area contributed by atoms with Crippen LogP contribution in [0.25, 0.3) is 0 Å². The van der Waals surface area contributed by atoms with Gasteiger partial charge in [-0.1, -0.05) is 20.8 Å². The van der Waals surface area contributed by atoms with Crippen LogP contribution >= 0.6 is 0 Å². The van der Waals surface area contributed by atoms with Gasteiger partial charge in [0.15, 0.2) is 0 Å². The molecule has 20 heavy (non-hydrogen) atoms. The fourth-order valence-corrected chi connectivity index (χ4v) is 2.32. The number of methoxy groups -OCH3 is 1. The minimum atomic E-state index is 0.481. The molecule has 0 fully saturated rings. The third-order valence-corrected chi connectivity index (χ3v) is 3.55. The Kier molecular flexibility index (Phi) is 7.30. The lowest BCUT2D eigenvalue weighted by molar-refractivity contribution is 0.202. The molecule has 5 heteroatoms. The Morgan fingerprint density at radius 3 is 2.45 bits per heavy atom. The molecule has 1 rings (SSSR count). The molecule has 0 bridgehead atoms. The Morgan fingerprint density at radius 2 is 1.95 bits per heavy atom. The van der Waals surface area contributed by atoms with Crippen molar-refractivity contribution >= 4 is 11.6 Å². The van der Waals surface area contributed by atoms with Gasteiger partial charge in [0, 0.05) is 39.2 Å². The molecular formula is C15H28N4O. The second-order valence-corrected chi connectivity index (χ2v) is 4.79. The smallest absolute Gasteiger partial charge is 0.134 e. The highest BCUT2D eigenvalue weighted by Crippen LogP contribution is 2.21. The minimum absolute atomic E-state index is 0.481. The number of aryl methyl sites for hydroxylation is 1. The first-order valence-electron chi connectivity index (χ1n) is 7.51. The number of anilines is 2. The van der Waals surface area contributed by atoms with Gasteiger partial charge in [0.2, 0.25) is 0 Å². The molecule has 0 saturated carbocycles. The summed E-state index contributed by atoms with van der Waals surface area (Å²) in [6, 6.07) is 2.50. The molecule has 5 nitrogen and oxygen atoms in total. The summed E-state index contributed by atoms with van der Waals surface area (Å²) in [5.74, 6) is 2.74. The first kappa shape index (κ1) is 16.7. The molecule has 1 heterocycles. The van der Waals surface area contributed by atoms with Crippen molar-refractivity contribution in [3.8, 4) is 0 Å². The topological polar surface area (TPSA) is 50.3 Å². The van der Waals surface area contributed by atoms with E-state index < -0.39 is 0 Å². The number of hydrogen-bond donors (Lipinski definition) is 1. The van der Waals surface area contributed by atoms with Gasteiger partial charge in [-0.25, -0.2) is 9.97 Å². The normalized spacial score (nSPS) is 10.9. The second kappa shape index (κ2) is 8.74. The molecule has 0 atom stereocenters. The van der Waals surface area contributed by atoms with Crippen LogP contribution in [0.2, 0.25) is 0 Å². The fourth-order valence-electron chi connectivity index (χ4n) is 2.32. The largest absolute Gasteiger partial charge is 0.383 e. The highest BCUT2D eigenvalue weighted by atomic mass is 16.5. The van der Waals surface area contributed by atoms with Crippen molar-refractivity contribution in [1.82, 2.24) is 9.97 Å². The quantitative estimate of drug-likeness (QED) is 0.753. The van der Waals surface area contributed by atoms with E-state index >= 15 is 0 Å². The third kappa shape index (κ3) is 4.34. The summed E-state index contributed by atoms with van der Waals surface area (Å²) in [6.45, 7) is 8.07. The SMILES string of the molecule is CCc1nc(NC)cc(N(CCOC)C(CC)CC)n1. The molecule has 0 aliphatic rings.